The first kappa shape index (κ1) is 14.7. The molecule has 0 radical (unpaired) electrons. The maximum Gasteiger partial charge on any atom is 0.374 e. The van der Waals surface area contributed by atoms with E-state index < -0.39 is 24.0 Å². The number of rotatable bonds is 6. The van der Waals surface area contributed by atoms with Gasteiger partial charge in [0.15, 0.2) is 5.78 Å². The van der Waals surface area contributed by atoms with Gasteiger partial charge in [0.1, 0.15) is 17.1 Å². The Hall–Kier alpha value is -2.37. The summed E-state index contributed by atoms with van der Waals surface area (Å²) in [5.74, 6) is -1.98. The number of ketones is 2. The third-order valence-electron chi connectivity index (χ3n) is 2.44. The number of methoxy groups -OCH3 is 3. The number of carbonyl (C=O) groups excluding carboxylic acids is 3. The molecule has 1 rings (SSSR count). The van der Waals surface area contributed by atoms with Crippen molar-refractivity contribution in [1.82, 2.24) is 0 Å². The van der Waals surface area contributed by atoms with E-state index in [1.807, 2.05) is 0 Å². The Labute approximate surface area is 110 Å². The molecule has 0 aromatic heterocycles. The van der Waals surface area contributed by atoms with E-state index in [1.54, 1.807) is 18.2 Å². The molecule has 0 N–H and O–H groups in total. The molecule has 0 spiro atoms. The zero-order valence-electron chi connectivity index (χ0n) is 10.9. The molecule has 0 aliphatic carbocycles. The molecule has 0 saturated carbocycles. The Balaban J connectivity index is 3.05. The van der Waals surface area contributed by atoms with Crippen LogP contribution in [0.5, 0.6) is 11.5 Å². The maximum absolute atomic E-state index is 12.0. The quantitative estimate of drug-likeness (QED) is 0.331. The summed E-state index contributed by atoms with van der Waals surface area (Å²) in [5.41, 5.74) is 0.129. The van der Waals surface area contributed by atoms with Gasteiger partial charge < -0.3 is 14.2 Å². The van der Waals surface area contributed by atoms with Crippen LogP contribution in [0.25, 0.3) is 0 Å². The SMILES string of the molecule is COC(=O)C(=O)CC(=O)c1c(OC)cccc1OC. The minimum absolute atomic E-state index is 0.129. The van der Waals surface area contributed by atoms with Gasteiger partial charge in [-0.2, -0.15) is 0 Å². The summed E-state index contributed by atoms with van der Waals surface area (Å²) in [4.78, 5) is 34.4. The number of ether oxygens (including phenoxy) is 3. The van der Waals surface area contributed by atoms with E-state index >= 15 is 0 Å². The molecule has 0 unspecified atom stereocenters. The predicted octanol–water partition coefficient (Wildman–Crippen LogP) is 1.02. The van der Waals surface area contributed by atoms with Crippen molar-refractivity contribution in [3.63, 3.8) is 0 Å². The van der Waals surface area contributed by atoms with E-state index in [4.69, 9.17) is 9.47 Å². The van der Waals surface area contributed by atoms with E-state index in [0.717, 1.165) is 7.11 Å². The molecule has 1 aromatic carbocycles. The fourth-order valence-corrected chi connectivity index (χ4v) is 1.55. The molecule has 0 atom stereocenters. The molecule has 0 aliphatic rings. The van der Waals surface area contributed by atoms with Crippen molar-refractivity contribution in [1.29, 1.82) is 0 Å². The molecule has 0 amide bonds. The van der Waals surface area contributed by atoms with E-state index in [1.165, 1.54) is 14.2 Å². The Morgan fingerprint density at radius 1 is 1.00 bits per heavy atom. The molecular weight excluding hydrogens is 252 g/mol. The first-order valence-electron chi connectivity index (χ1n) is 5.40. The van der Waals surface area contributed by atoms with Crippen molar-refractivity contribution in [2.24, 2.45) is 0 Å². The standard InChI is InChI=1S/C13H14O6/c1-17-10-5-4-6-11(18-2)12(10)8(14)7-9(15)13(16)19-3/h4-6H,7H2,1-3H3. The van der Waals surface area contributed by atoms with Gasteiger partial charge in [0.2, 0.25) is 5.78 Å². The molecule has 19 heavy (non-hydrogen) atoms. The molecule has 1 aromatic rings. The van der Waals surface area contributed by atoms with Gasteiger partial charge >= 0.3 is 5.97 Å². The largest absolute Gasteiger partial charge is 0.496 e. The van der Waals surface area contributed by atoms with Crippen molar-refractivity contribution < 1.29 is 28.6 Å². The Bertz CT molecular complexity index is 484. The third-order valence-corrected chi connectivity index (χ3v) is 2.44. The van der Waals surface area contributed by atoms with Crippen LogP contribution < -0.4 is 9.47 Å². The summed E-state index contributed by atoms with van der Waals surface area (Å²) in [5, 5.41) is 0. The number of hydrogen-bond donors (Lipinski definition) is 0. The minimum atomic E-state index is -1.05. The second-order valence-corrected chi connectivity index (χ2v) is 3.55. The molecule has 0 saturated heterocycles. The van der Waals surface area contributed by atoms with Crippen molar-refractivity contribution in [3.8, 4) is 11.5 Å². The highest BCUT2D eigenvalue weighted by molar-refractivity contribution is 6.38. The topological polar surface area (TPSA) is 78.9 Å². The number of carbonyl (C=O) groups is 3. The predicted molar refractivity (Wildman–Crippen MR) is 65.5 cm³/mol. The van der Waals surface area contributed by atoms with Gasteiger partial charge in [-0.25, -0.2) is 4.79 Å². The van der Waals surface area contributed by atoms with Crippen LogP contribution in [0.3, 0.4) is 0 Å². The van der Waals surface area contributed by atoms with Crippen LogP contribution in [0.15, 0.2) is 18.2 Å². The van der Waals surface area contributed by atoms with Crippen LogP contribution in [-0.4, -0.2) is 38.9 Å². The average molecular weight is 266 g/mol. The van der Waals surface area contributed by atoms with Gasteiger partial charge in [-0.3, -0.25) is 9.59 Å². The van der Waals surface area contributed by atoms with E-state index in [2.05, 4.69) is 4.74 Å². The zero-order chi connectivity index (χ0) is 14.4. The fraction of sp³-hybridized carbons (Fsp3) is 0.308. The normalized spacial score (nSPS) is 9.63. The van der Waals surface area contributed by atoms with Crippen LogP contribution >= 0.6 is 0 Å². The summed E-state index contributed by atoms with van der Waals surface area (Å²) in [6.45, 7) is 0. The molecule has 0 fully saturated rings. The van der Waals surface area contributed by atoms with Crippen molar-refractivity contribution in [3.05, 3.63) is 23.8 Å². The van der Waals surface area contributed by atoms with Gasteiger partial charge in [0.25, 0.3) is 0 Å². The van der Waals surface area contributed by atoms with Gasteiger partial charge in [0, 0.05) is 0 Å². The number of hydrogen-bond acceptors (Lipinski definition) is 6. The van der Waals surface area contributed by atoms with E-state index in [-0.39, 0.29) is 17.1 Å². The van der Waals surface area contributed by atoms with Crippen molar-refractivity contribution >= 4 is 17.5 Å². The summed E-state index contributed by atoms with van der Waals surface area (Å²) < 4.78 is 14.4. The monoisotopic (exact) mass is 266 g/mol. The van der Waals surface area contributed by atoms with Crippen molar-refractivity contribution in [2.45, 2.75) is 6.42 Å². The van der Waals surface area contributed by atoms with Gasteiger partial charge in [-0.1, -0.05) is 6.07 Å². The highest BCUT2D eigenvalue weighted by atomic mass is 16.5. The van der Waals surface area contributed by atoms with Crippen LogP contribution in [0.2, 0.25) is 0 Å². The lowest BCUT2D eigenvalue weighted by Gasteiger charge is -2.11. The second kappa shape index (κ2) is 6.53. The lowest BCUT2D eigenvalue weighted by molar-refractivity contribution is -0.151. The minimum Gasteiger partial charge on any atom is -0.496 e. The van der Waals surface area contributed by atoms with Crippen LogP contribution in [0, 0.1) is 0 Å². The first-order chi connectivity index (χ1) is 9.04. The third kappa shape index (κ3) is 3.31. The van der Waals surface area contributed by atoms with Gasteiger partial charge in [0.05, 0.1) is 27.8 Å². The summed E-state index contributed by atoms with van der Waals surface area (Å²) >= 11 is 0. The lowest BCUT2D eigenvalue weighted by Crippen LogP contribution is -2.20. The van der Waals surface area contributed by atoms with E-state index in [0.29, 0.717) is 0 Å². The Morgan fingerprint density at radius 3 is 1.95 bits per heavy atom. The van der Waals surface area contributed by atoms with E-state index in [9.17, 15) is 14.4 Å². The van der Waals surface area contributed by atoms with Crippen LogP contribution in [-0.2, 0) is 14.3 Å². The smallest absolute Gasteiger partial charge is 0.374 e. The molecule has 6 heteroatoms. The molecule has 6 nitrogen and oxygen atoms in total. The zero-order valence-corrected chi connectivity index (χ0v) is 10.9. The molecular formula is C13H14O6. The van der Waals surface area contributed by atoms with Crippen LogP contribution in [0.4, 0.5) is 0 Å². The fourth-order valence-electron chi connectivity index (χ4n) is 1.55. The highest BCUT2D eigenvalue weighted by Crippen LogP contribution is 2.29. The first-order valence-corrected chi connectivity index (χ1v) is 5.40. The number of benzene rings is 1. The average Bonchev–Trinajstić information content (AvgIpc) is 2.44. The number of Topliss-reactive ketones (excluding diaryl/α,β-unsaturated/α-hetero) is 2. The maximum atomic E-state index is 12.0. The summed E-state index contributed by atoms with van der Waals surface area (Å²) in [6.07, 6.45) is -0.594. The summed E-state index contributed by atoms with van der Waals surface area (Å²) in [6, 6.07) is 4.79. The summed E-state index contributed by atoms with van der Waals surface area (Å²) in [7, 11) is 3.87. The number of esters is 1. The molecule has 0 heterocycles. The highest BCUT2D eigenvalue weighted by Gasteiger charge is 2.24. The van der Waals surface area contributed by atoms with Crippen LogP contribution in [0.1, 0.15) is 16.8 Å². The molecule has 0 bridgehead atoms. The van der Waals surface area contributed by atoms with Gasteiger partial charge in [-0.05, 0) is 12.1 Å². The molecule has 0 aliphatic heterocycles. The molecule has 102 valence electrons. The lowest BCUT2D eigenvalue weighted by atomic mass is 10.0. The Kier molecular flexibility index (Phi) is 5.05. The Morgan fingerprint density at radius 2 is 1.53 bits per heavy atom. The second-order valence-electron chi connectivity index (χ2n) is 3.55. The van der Waals surface area contributed by atoms with Crippen molar-refractivity contribution in [2.75, 3.05) is 21.3 Å². The van der Waals surface area contributed by atoms with Gasteiger partial charge in [-0.15, -0.1) is 0 Å².